The van der Waals surface area contributed by atoms with E-state index < -0.39 is 22.5 Å². The fourth-order valence-corrected chi connectivity index (χ4v) is 5.56. The summed E-state index contributed by atoms with van der Waals surface area (Å²) in [6.45, 7) is 3.11. The summed E-state index contributed by atoms with van der Waals surface area (Å²) in [5.41, 5.74) is 5.21. The number of halogens is 1. The molecule has 4 rings (SSSR count). The third kappa shape index (κ3) is 8.91. The van der Waals surface area contributed by atoms with Crippen molar-refractivity contribution in [2.24, 2.45) is 5.10 Å². The quantitative estimate of drug-likeness (QED) is 0.166. The summed E-state index contributed by atoms with van der Waals surface area (Å²) < 4.78 is 33.5. The first kappa shape index (κ1) is 31.3. The van der Waals surface area contributed by atoms with Crippen molar-refractivity contribution in [1.82, 2.24) is 10.7 Å². The molecule has 0 fully saturated rings. The van der Waals surface area contributed by atoms with Crippen LogP contribution in [0.4, 0.5) is 5.69 Å². The average Bonchev–Trinajstić information content (AvgIpc) is 3.00. The topological polar surface area (TPSA) is 117 Å². The minimum atomic E-state index is -4.06. The van der Waals surface area contributed by atoms with E-state index in [1.54, 1.807) is 48.5 Å². The zero-order valence-electron chi connectivity index (χ0n) is 23.6. The molecule has 0 aliphatic rings. The van der Waals surface area contributed by atoms with Crippen molar-refractivity contribution in [1.29, 1.82) is 0 Å². The lowest BCUT2D eigenvalue weighted by atomic mass is 10.1. The van der Waals surface area contributed by atoms with Crippen LogP contribution in [0.25, 0.3) is 0 Å². The third-order valence-corrected chi connectivity index (χ3v) is 8.38. The van der Waals surface area contributed by atoms with Gasteiger partial charge in [-0.15, -0.1) is 0 Å². The number of amides is 2. The zero-order valence-corrected chi connectivity index (χ0v) is 25.2. The van der Waals surface area contributed by atoms with Gasteiger partial charge < -0.3 is 10.1 Å². The molecule has 43 heavy (non-hydrogen) atoms. The third-order valence-electron chi connectivity index (χ3n) is 6.34. The van der Waals surface area contributed by atoms with Gasteiger partial charge in [-0.3, -0.25) is 13.9 Å². The second-order valence-electron chi connectivity index (χ2n) is 9.65. The smallest absolute Gasteiger partial charge is 0.264 e. The number of rotatable bonds is 12. The minimum Gasteiger partial charge on any atom is -0.484 e. The van der Waals surface area contributed by atoms with E-state index in [0.717, 1.165) is 15.4 Å². The van der Waals surface area contributed by atoms with Crippen LogP contribution in [0, 0.1) is 6.92 Å². The van der Waals surface area contributed by atoms with Crippen LogP contribution in [-0.2, 0) is 19.6 Å². The molecule has 0 aromatic heterocycles. The number of sulfonamides is 1. The van der Waals surface area contributed by atoms with Crippen molar-refractivity contribution in [3.8, 4) is 5.75 Å². The summed E-state index contributed by atoms with van der Waals surface area (Å²) >= 11 is 5.99. The van der Waals surface area contributed by atoms with E-state index in [0.29, 0.717) is 16.3 Å². The highest BCUT2D eigenvalue weighted by atomic mass is 35.5. The lowest BCUT2D eigenvalue weighted by Crippen LogP contribution is -2.39. The van der Waals surface area contributed by atoms with E-state index in [-0.39, 0.29) is 29.1 Å². The Bertz CT molecular complexity index is 1660. The Morgan fingerprint density at radius 3 is 2.21 bits per heavy atom. The first-order valence-corrected chi connectivity index (χ1v) is 15.2. The molecule has 2 N–H and O–H groups in total. The molecule has 2 amide bonds. The minimum absolute atomic E-state index is 0.0508. The largest absolute Gasteiger partial charge is 0.484 e. The Labute approximate surface area is 256 Å². The molecule has 222 valence electrons. The average molecular weight is 619 g/mol. The van der Waals surface area contributed by atoms with E-state index in [1.165, 1.54) is 30.5 Å². The lowest BCUT2D eigenvalue weighted by molar-refractivity contribution is -0.123. The molecular formula is C32H31ClN4O5S. The number of ether oxygens (including phenoxy) is 1. The second-order valence-corrected chi connectivity index (χ2v) is 12.0. The number of hydrazone groups is 1. The standard InChI is InChI=1S/C32H31ClN4O5S/c1-23-8-18-30(19-9-23)43(40,41)37(28-14-12-27(33)13-15-28)21-31(38)36-34-20-25-10-16-29(17-11-25)42-22-32(39)35-24(2)26-6-4-3-5-7-26/h3-20,24H,21-22H2,1-2H3,(H,35,39)(H,36,38)/b34-20-/t24-/m0/s1. The predicted molar refractivity (Wildman–Crippen MR) is 168 cm³/mol. The molecule has 0 saturated heterocycles. The monoisotopic (exact) mass is 618 g/mol. The van der Waals surface area contributed by atoms with Gasteiger partial charge in [-0.1, -0.05) is 59.6 Å². The van der Waals surface area contributed by atoms with Crippen molar-refractivity contribution < 1.29 is 22.7 Å². The van der Waals surface area contributed by atoms with Gasteiger partial charge in [-0.25, -0.2) is 13.8 Å². The highest BCUT2D eigenvalue weighted by molar-refractivity contribution is 7.92. The van der Waals surface area contributed by atoms with Gasteiger partial charge in [-0.05, 0) is 85.6 Å². The summed E-state index contributed by atoms with van der Waals surface area (Å²) in [5.74, 6) is -0.400. The number of benzene rings is 4. The van der Waals surface area contributed by atoms with Gasteiger partial charge in [-0.2, -0.15) is 5.10 Å². The molecule has 0 unspecified atom stereocenters. The second kappa shape index (κ2) is 14.5. The number of nitrogens with zero attached hydrogens (tertiary/aromatic N) is 2. The van der Waals surface area contributed by atoms with Crippen LogP contribution in [0.2, 0.25) is 5.02 Å². The number of hydrogen-bond acceptors (Lipinski definition) is 6. The van der Waals surface area contributed by atoms with Crippen LogP contribution >= 0.6 is 11.6 Å². The highest BCUT2D eigenvalue weighted by Crippen LogP contribution is 2.25. The Balaban J connectivity index is 1.33. The lowest BCUT2D eigenvalue weighted by Gasteiger charge is -2.23. The van der Waals surface area contributed by atoms with Gasteiger partial charge in [0.05, 0.1) is 22.8 Å². The molecule has 4 aromatic rings. The number of aryl methyl sites for hydroxylation is 1. The molecule has 0 radical (unpaired) electrons. The summed E-state index contributed by atoms with van der Waals surface area (Å²) in [6, 6.07) is 28.8. The Morgan fingerprint density at radius 2 is 1.56 bits per heavy atom. The summed E-state index contributed by atoms with van der Waals surface area (Å²) in [7, 11) is -4.06. The van der Waals surface area contributed by atoms with Gasteiger partial charge in [0.2, 0.25) is 0 Å². The first-order chi connectivity index (χ1) is 20.6. The molecule has 11 heteroatoms. The maximum absolute atomic E-state index is 13.4. The molecule has 1 atom stereocenters. The molecule has 0 heterocycles. The van der Waals surface area contributed by atoms with Crippen LogP contribution in [0.5, 0.6) is 5.75 Å². The van der Waals surface area contributed by atoms with Crippen molar-refractivity contribution in [2.45, 2.75) is 24.8 Å². The van der Waals surface area contributed by atoms with Gasteiger partial charge in [0, 0.05) is 5.02 Å². The first-order valence-electron chi connectivity index (χ1n) is 13.4. The number of anilines is 1. The summed E-state index contributed by atoms with van der Waals surface area (Å²) in [6.07, 6.45) is 1.41. The fraction of sp³-hybridized carbons (Fsp3) is 0.156. The van der Waals surface area contributed by atoms with Crippen LogP contribution < -0.4 is 19.8 Å². The normalized spacial score (nSPS) is 12.0. The number of nitrogens with one attached hydrogen (secondary N) is 2. The van der Waals surface area contributed by atoms with Gasteiger partial charge in [0.1, 0.15) is 12.3 Å². The molecule has 9 nitrogen and oxygen atoms in total. The van der Waals surface area contributed by atoms with E-state index >= 15 is 0 Å². The van der Waals surface area contributed by atoms with E-state index in [2.05, 4.69) is 15.8 Å². The Kier molecular flexibility index (Phi) is 10.5. The van der Waals surface area contributed by atoms with Gasteiger partial charge in [0.15, 0.2) is 6.61 Å². The maximum atomic E-state index is 13.4. The van der Waals surface area contributed by atoms with E-state index in [9.17, 15) is 18.0 Å². The van der Waals surface area contributed by atoms with Crippen molar-refractivity contribution in [3.63, 3.8) is 0 Å². The van der Waals surface area contributed by atoms with Gasteiger partial charge >= 0.3 is 0 Å². The SMILES string of the molecule is Cc1ccc(S(=O)(=O)N(CC(=O)N/N=C\c2ccc(OCC(=O)N[C@@H](C)c3ccccc3)cc2)c2ccc(Cl)cc2)cc1. The molecule has 0 aliphatic carbocycles. The van der Waals surface area contributed by atoms with E-state index in [1.807, 2.05) is 44.2 Å². The number of carbonyl (C=O) groups is 2. The molecule has 0 aliphatic heterocycles. The Hall–Kier alpha value is -4.67. The molecule has 0 saturated carbocycles. The predicted octanol–water partition coefficient (Wildman–Crippen LogP) is 5.25. The molecular weight excluding hydrogens is 588 g/mol. The van der Waals surface area contributed by atoms with Gasteiger partial charge in [0.25, 0.3) is 21.8 Å². The Morgan fingerprint density at radius 1 is 0.907 bits per heavy atom. The van der Waals surface area contributed by atoms with Crippen molar-refractivity contribution >= 4 is 45.3 Å². The van der Waals surface area contributed by atoms with Crippen LogP contribution in [0.15, 0.2) is 113 Å². The fourth-order valence-electron chi connectivity index (χ4n) is 4.01. The van der Waals surface area contributed by atoms with Crippen LogP contribution in [0.3, 0.4) is 0 Å². The number of carbonyl (C=O) groups excluding carboxylic acids is 2. The highest BCUT2D eigenvalue weighted by Gasteiger charge is 2.27. The molecule has 0 spiro atoms. The van der Waals surface area contributed by atoms with Crippen molar-refractivity contribution in [2.75, 3.05) is 17.5 Å². The zero-order chi connectivity index (χ0) is 30.8. The van der Waals surface area contributed by atoms with Crippen molar-refractivity contribution in [3.05, 3.63) is 125 Å². The summed E-state index contributed by atoms with van der Waals surface area (Å²) in [5, 5.41) is 7.29. The summed E-state index contributed by atoms with van der Waals surface area (Å²) in [4.78, 5) is 25.1. The molecule has 4 aromatic carbocycles. The van der Waals surface area contributed by atoms with Crippen LogP contribution in [0.1, 0.15) is 29.7 Å². The number of hydrogen-bond donors (Lipinski definition) is 2. The van der Waals surface area contributed by atoms with Crippen LogP contribution in [-0.4, -0.2) is 39.6 Å². The molecule has 0 bridgehead atoms. The maximum Gasteiger partial charge on any atom is 0.264 e. The van der Waals surface area contributed by atoms with E-state index in [4.69, 9.17) is 16.3 Å².